The molecule has 166 valence electrons. The second-order valence-electron chi connectivity index (χ2n) is 8.50. The van der Waals surface area contributed by atoms with Crippen molar-refractivity contribution < 1.29 is 9.21 Å². The number of hydrogen-bond donors (Lipinski definition) is 0. The predicted octanol–water partition coefficient (Wildman–Crippen LogP) is 4.84. The summed E-state index contributed by atoms with van der Waals surface area (Å²) in [4.78, 5) is 15.0. The Morgan fingerprint density at radius 2 is 1.87 bits per heavy atom. The Kier molecular flexibility index (Phi) is 7.15. The van der Waals surface area contributed by atoms with Crippen molar-refractivity contribution in [3.8, 4) is 11.5 Å². The maximum atomic E-state index is 13.2. The third-order valence-corrected chi connectivity index (χ3v) is 5.55. The van der Waals surface area contributed by atoms with Crippen LogP contribution < -0.4 is 0 Å². The van der Waals surface area contributed by atoms with Crippen LogP contribution in [0, 0.1) is 19.8 Å². The predicted molar refractivity (Wildman–Crippen MR) is 121 cm³/mol. The molecule has 0 bridgehead atoms. The molecule has 0 aliphatic rings. The van der Waals surface area contributed by atoms with E-state index in [-0.39, 0.29) is 18.5 Å². The molecule has 0 atom stereocenters. The number of carbonyl (C=O) groups excluding carboxylic acids is 1. The molecule has 3 rings (SSSR count). The third kappa shape index (κ3) is 5.34. The molecule has 7 nitrogen and oxygen atoms in total. The lowest BCUT2D eigenvalue weighted by molar-refractivity contribution is -0.133. The molecule has 31 heavy (non-hydrogen) atoms. The van der Waals surface area contributed by atoms with Gasteiger partial charge >= 0.3 is 0 Å². The monoisotopic (exact) mass is 443 g/mol. The second-order valence-corrected chi connectivity index (χ2v) is 8.91. The molecule has 2 heterocycles. The third-order valence-electron chi connectivity index (χ3n) is 5.22. The molecule has 0 fully saturated rings. The van der Waals surface area contributed by atoms with E-state index >= 15 is 0 Å². The molecule has 1 amide bonds. The van der Waals surface area contributed by atoms with Crippen LogP contribution in [-0.2, 0) is 24.3 Å². The van der Waals surface area contributed by atoms with Crippen molar-refractivity contribution in [2.24, 2.45) is 5.92 Å². The summed E-state index contributed by atoms with van der Waals surface area (Å²) >= 11 is 6.23. The molecule has 1 aromatic carbocycles. The van der Waals surface area contributed by atoms with Gasteiger partial charge in [-0.3, -0.25) is 9.48 Å². The van der Waals surface area contributed by atoms with E-state index in [1.807, 2.05) is 50.6 Å². The topological polar surface area (TPSA) is 77.1 Å². The normalized spacial score (nSPS) is 11.5. The first-order valence-electron chi connectivity index (χ1n) is 10.6. The largest absolute Gasteiger partial charge is 0.419 e. The maximum absolute atomic E-state index is 13.2. The molecule has 0 radical (unpaired) electrons. The van der Waals surface area contributed by atoms with E-state index in [2.05, 4.69) is 29.1 Å². The van der Waals surface area contributed by atoms with Gasteiger partial charge in [0, 0.05) is 23.8 Å². The Morgan fingerprint density at radius 3 is 2.52 bits per heavy atom. The molecule has 0 aliphatic heterocycles. The molecule has 0 N–H and O–H groups in total. The minimum Gasteiger partial charge on any atom is -0.419 e. The average molecular weight is 444 g/mol. The van der Waals surface area contributed by atoms with E-state index in [0.29, 0.717) is 34.7 Å². The van der Waals surface area contributed by atoms with Crippen LogP contribution >= 0.6 is 11.6 Å². The summed E-state index contributed by atoms with van der Waals surface area (Å²) in [6.45, 7) is 13.3. The van der Waals surface area contributed by atoms with Gasteiger partial charge in [-0.1, -0.05) is 37.6 Å². The lowest BCUT2D eigenvalue weighted by Gasteiger charge is -2.25. The number of amides is 1. The van der Waals surface area contributed by atoms with Gasteiger partial charge in [-0.25, -0.2) is 0 Å². The number of aryl methyl sites for hydroxylation is 1. The van der Waals surface area contributed by atoms with Crippen molar-refractivity contribution in [1.82, 2.24) is 24.9 Å². The van der Waals surface area contributed by atoms with E-state index in [4.69, 9.17) is 16.0 Å². The average Bonchev–Trinajstić information content (AvgIpc) is 3.26. The van der Waals surface area contributed by atoms with Crippen molar-refractivity contribution in [2.45, 2.75) is 67.1 Å². The maximum Gasteiger partial charge on any atom is 0.249 e. The van der Waals surface area contributed by atoms with Gasteiger partial charge in [0.15, 0.2) is 0 Å². The second kappa shape index (κ2) is 9.64. The number of aromatic nitrogens is 4. The van der Waals surface area contributed by atoms with Crippen LogP contribution in [0.1, 0.15) is 50.5 Å². The van der Waals surface area contributed by atoms with Gasteiger partial charge in [0.1, 0.15) is 0 Å². The van der Waals surface area contributed by atoms with Crippen LogP contribution in [0.3, 0.4) is 0 Å². The lowest BCUT2D eigenvalue weighted by Crippen LogP contribution is -2.37. The fourth-order valence-corrected chi connectivity index (χ4v) is 3.75. The van der Waals surface area contributed by atoms with Gasteiger partial charge in [0.25, 0.3) is 0 Å². The molecule has 3 aromatic rings. The van der Waals surface area contributed by atoms with Crippen molar-refractivity contribution in [3.63, 3.8) is 0 Å². The highest BCUT2D eigenvalue weighted by molar-refractivity contribution is 6.33. The molecule has 0 saturated carbocycles. The smallest absolute Gasteiger partial charge is 0.249 e. The van der Waals surface area contributed by atoms with E-state index in [9.17, 15) is 4.79 Å². The minimum atomic E-state index is -0.0190. The number of nitrogens with zero attached hydrogens (tertiary/aromatic N) is 5. The highest BCUT2D eigenvalue weighted by atomic mass is 35.5. The first-order valence-corrected chi connectivity index (χ1v) is 10.9. The zero-order valence-corrected chi connectivity index (χ0v) is 19.8. The van der Waals surface area contributed by atoms with Gasteiger partial charge in [-0.15, -0.1) is 10.2 Å². The van der Waals surface area contributed by atoms with Crippen molar-refractivity contribution >= 4 is 17.5 Å². The molecule has 0 unspecified atom stereocenters. The number of rotatable bonds is 8. The molecule has 0 spiro atoms. The molecule has 2 aromatic heterocycles. The summed E-state index contributed by atoms with van der Waals surface area (Å²) in [6, 6.07) is 7.28. The number of carbonyl (C=O) groups is 1. The molecular weight excluding hydrogens is 414 g/mol. The lowest BCUT2D eigenvalue weighted by atomic mass is 10.1. The van der Waals surface area contributed by atoms with E-state index < -0.39 is 0 Å². The van der Waals surface area contributed by atoms with Crippen LogP contribution in [0.25, 0.3) is 11.5 Å². The van der Waals surface area contributed by atoms with Crippen LogP contribution in [0.4, 0.5) is 0 Å². The number of benzene rings is 1. The highest BCUT2D eigenvalue weighted by Gasteiger charge is 2.24. The van der Waals surface area contributed by atoms with Crippen molar-refractivity contribution in [2.75, 3.05) is 0 Å². The van der Waals surface area contributed by atoms with Gasteiger partial charge in [-0.2, -0.15) is 5.10 Å². The molecule has 0 saturated heterocycles. The summed E-state index contributed by atoms with van der Waals surface area (Å²) in [6.07, 6.45) is 0.291. The Bertz CT molecular complexity index is 1050. The fraction of sp³-hybridized carbons (Fsp3) is 0.478. The van der Waals surface area contributed by atoms with Crippen molar-refractivity contribution in [1.29, 1.82) is 0 Å². The first kappa shape index (κ1) is 23.0. The van der Waals surface area contributed by atoms with Crippen molar-refractivity contribution in [3.05, 3.63) is 52.1 Å². The standard InChI is InChI=1S/C23H30ClN5O2/c1-14(2)12-29-17(6)19(16(5)27-29)11-22(30)28(15(3)4)13-21-25-26-23(31-21)18-9-7-8-10-20(18)24/h7-10,14-15H,11-13H2,1-6H3. The Balaban J connectivity index is 1.77. The zero-order valence-electron chi connectivity index (χ0n) is 19.0. The number of hydrogen-bond acceptors (Lipinski definition) is 5. The van der Waals surface area contributed by atoms with Gasteiger partial charge in [-0.05, 0) is 45.7 Å². The van der Waals surface area contributed by atoms with Crippen LogP contribution in [0.15, 0.2) is 28.7 Å². The summed E-state index contributed by atoms with van der Waals surface area (Å²) in [5.74, 6) is 1.21. The van der Waals surface area contributed by atoms with E-state index in [0.717, 1.165) is 23.5 Å². The molecule has 0 aliphatic carbocycles. The summed E-state index contributed by atoms with van der Waals surface area (Å²) in [5.41, 5.74) is 3.60. The zero-order chi connectivity index (χ0) is 22.7. The molecular formula is C23H30ClN5O2. The van der Waals surface area contributed by atoms with Gasteiger partial charge in [0.2, 0.25) is 17.7 Å². The molecule has 8 heteroatoms. The Hall–Kier alpha value is -2.67. The van der Waals surface area contributed by atoms with Crippen LogP contribution in [-0.4, -0.2) is 36.8 Å². The summed E-state index contributed by atoms with van der Waals surface area (Å²) in [5, 5.41) is 13.4. The van der Waals surface area contributed by atoms with E-state index in [1.54, 1.807) is 11.0 Å². The highest BCUT2D eigenvalue weighted by Crippen LogP contribution is 2.26. The van der Waals surface area contributed by atoms with Crippen LogP contribution in [0.2, 0.25) is 5.02 Å². The van der Waals surface area contributed by atoms with E-state index in [1.165, 1.54) is 0 Å². The summed E-state index contributed by atoms with van der Waals surface area (Å²) < 4.78 is 7.81. The quantitative estimate of drug-likeness (QED) is 0.497. The number of halogens is 1. The fourth-order valence-electron chi connectivity index (χ4n) is 3.53. The van der Waals surface area contributed by atoms with Crippen LogP contribution in [0.5, 0.6) is 0 Å². The Labute approximate surface area is 188 Å². The van der Waals surface area contributed by atoms with Gasteiger partial charge < -0.3 is 9.32 Å². The first-order chi connectivity index (χ1) is 14.7. The summed E-state index contributed by atoms with van der Waals surface area (Å²) in [7, 11) is 0. The van der Waals surface area contributed by atoms with Gasteiger partial charge in [0.05, 0.1) is 29.2 Å². The minimum absolute atomic E-state index is 0.00258. The SMILES string of the molecule is Cc1nn(CC(C)C)c(C)c1CC(=O)N(Cc1nnc(-c2ccccc2Cl)o1)C(C)C. The Morgan fingerprint density at radius 1 is 1.16 bits per heavy atom.